The molecule has 1 nitrogen and oxygen atoms in total. The van der Waals surface area contributed by atoms with E-state index in [1.165, 1.54) is 38.5 Å². The summed E-state index contributed by atoms with van der Waals surface area (Å²) in [6.45, 7) is 4.72. The molecule has 0 heterocycles. The van der Waals surface area contributed by atoms with Crippen LogP contribution in [0.4, 0.5) is 0 Å². The fourth-order valence-corrected chi connectivity index (χ4v) is 4.28. The molecule has 0 amide bonds. The van der Waals surface area contributed by atoms with Crippen molar-refractivity contribution in [1.82, 2.24) is 5.32 Å². The molecule has 1 aliphatic rings. The lowest BCUT2D eigenvalue weighted by Gasteiger charge is -2.42. The zero-order valence-electron chi connectivity index (χ0n) is 12.8. The Kier molecular flexibility index (Phi) is 5.04. The highest BCUT2D eigenvalue weighted by molar-refractivity contribution is 5.29. The quantitative estimate of drug-likeness (QED) is 0.792. The Morgan fingerprint density at radius 1 is 1.16 bits per heavy atom. The minimum absolute atomic E-state index is 0.366. The largest absolute Gasteiger partial charge is 0.316 e. The Bertz CT molecular complexity index is 365. The molecular formula is C18H29N. The van der Waals surface area contributed by atoms with Gasteiger partial charge in [0.25, 0.3) is 0 Å². The van der Waals surface area contributed by atoms with Gasteiger partial charge in [0.1, 0.15) is 0 Å². The van der Waals surface area contributed by atoms with E-state index in [0.29, 0.717) is 11.5 Å². The molecule has 0 aliphatic heterocycles. The van der Waals surface area contributed by atoms with Gasteiger partial charge in [-0.1, -0.05) is 63.4 Å². The van der Waals surface area contributed by atoms with Gasteiger partial charge in [0.05, 0.1) is 0 Å². The van der Waals surface area contributed by atoms with Crippen LogP contribution in [0.2, 0.25) is 0 Å². The molecular weight excluding hydrogens is 230 g/mol. The molecule has 0 aromatic heterocycles. The second-order valence-electron chi connectivity index (χ2n) is 6.26. The maximum Gasteiger partial charge on any atom is 0.0187 e. The number of rotatable bonds is 6. The molecule has 2 rings (SSSR count). The smallest absolute Gasteiger partial charge is 0.0187 e. The predicted octanol–water partition coefficient (Wildman–Crippen LogP) is 4.52. The first-order valence-electron chi connectivity index (χ1n) is 7.97. The third-order valence-corrected chi connectivity index (χ3v) is 5.06. The van der Waals surface area contributed by atoms with Gasteiger partial charge < -0.3 is 5.32 Å². The average molecular weight is 259 g/mol. The van der Waals surface area contributed by atoms with Gasteiger partial charge in [0.2, 0.25) is 0 Å². The lowest BCUT2D eigenvalue weighted by atomic mass is 9.68. The molecule has 1 aromatic carbocycles. The molecule has 2 atom stereocenters. The van der Waals surface area contributed by atoms with Gasteiger partial charge in [-0.3, -0.25) is 0 Å². The number of benzene rings is 1. The van der Waals surface area contributed by atoms with Crippen LogP contribution < -0.4 is 5.32 Å². The van der Waals surface area contributed by atoms with Gasteiger partial charge in [-0.15, -0.1) is 0 Å². The maximum atomic E-state index is 3.67. The van der Waals surface area contributed by atoms with E-state index in [4.69, 9.17) is 0 Å². The van der Waals surface area contributed by atoms with Crippen molar-refractivity contribution < 1.29 is 0 Å². The van der Waals surface area contributed by atoms with Gasteiger partial charge in [-0.25, -0.2) is 0 Å². The lowest BCUT2D eigenvalue weighted by molar-refractivity contribution is 0.228. The van der Waals surface area contributed by atoms with Crippen molar-refractivity contribution in [3.05, 3.63) is 35.9 Å². The Morgan fingerprint density at radius 3 is 2.32 bits per heavy atom. The zero-order chi connectivity index (χ0) is 13.7. The molecule has 1 fully saturated rings. The van der Waals surface area contributed by atoms with Crippen molar-refractivity contribution in [3.8, 4) is 0 Å². The molecule has 0 saturated heterocycles. The highest BCUT2D eigenvalue weighted by atomic mass is 14.9. The van der Waals surface area contributed by atoms with Crippen molar-refractivity contribution in [2.75, 3.05) is 7.05 Å². The van der Waals surface area contributed by atoms with Gasteiger partial charge in [0.15, 0.2) is 0 Å². The van der Waals surface area contributed by atoms with Gasteiger partial charge in [0, 0.05) is 11.5 Å². The third-order valence-electron chi connectivity index (χ3n) is 5.06. The second kappa shape index (κ2) is 6.56. The summed E-state index contributed by atoms with van der Waals surface area (Å²) in [7, 11) is 2.15. The number of hydrogen-bond donors (Lipinski definition) is 1. The van der Waals surface area contributed by atoms with E-state index in [1.807, 2.05) is 0 Å². The molecule has 2 unspecified atom stereocenters. The molecule has 0 spiro atoms. The van der Waals surface area contributed by atoms with E-state index in [2.05, 4.69) is 56.5 Å². The summed E-state index contributed by atoms with van der Waals surface area (Å²) in [4.78, 5) is 0. The molecule has 1 N–H and O–H groups in total. The first-order chi connectivity index (χ1) is 9.24. The minimum atomic E-state index is 0.366. The van der Waals surface area contributed by atoms with E-state index in [1.54, 1.807) is 5.56 Å². The summed E-state index contributed by atoms with van der Waals surface area (Å²) in [6, 6.07) is 11.8. The van der Waals surface area contributed by atoms with Crippen molar-refractivity contribution >= 4 is 0 Å². The van der Waals surface area contributed by atoms with Crippen LogP contribution in [0.15, 0.2) is 30.3 Å². The molecule has 106 valence electrons. The number of hydrogen-bond acceptors (Lipinski definition) is 1. The van der Waals surface area contributed by atoms with E-state index >= 15 is 0 Å². The molecule has 0 bridgehead atoms. The SMILES string of the molecule is CCCC(C)C(NC)C1(c2ccccc2)CCCC1. The van der Waals surface area contributed by atoms with Crippen LogP contribution in [-0.4, -0.2) is 13.1 Å². The fourth-order valence-electron chi connectivity index (χ4n) is 4.28. The van der Waals surface area contributed by atoms with E-state index in [9.17, 15) is 0 Å². The second-order valence-corrected chi connectivity index (χ2v) is 6.26. The normalized spacial score (nSPS) is 21.2. The molecule has 0 radical (unpaired) electrons. The molecule has 1 aliphatic carbocycles. The van der Waals surface area contributed by atoms with E-state index < -0.39 is 0 Å². The minimum Gasteiger partial charge on any atom is -0.316 e. The topological polar surface area (TPSA) is 12.0 Å². The summed E-state index contributed by atoms with van der Waals surface area (Å²) < 4.78 is 0. The Labute approximate surface area is 118 Å². The maximum absolute atomic E-state index is 3.67. The highest BCUT2D eigenvalue weighted by Crippen LogP contribution is 2.46. The van der Waals surface area contributed by atoms with Crippen LogP contribution in [0.5, 0.6) is 0 Å². The van der Waals surface area contributed by atoms with Gasteiger partial charge in [-0.05, 0) is 37.8 Å². The van der Waals surface area contributed by atoms with E-state index in [-0.39, 0.29) is 0 Å². The Morgan fingerprint density at radius 2 is 1.79 bits per heavy atom. The number of nitrogens with one attached hydrogen (secondary N) is 1. The molecule has 1 saturated carbocycles. The van der Waals surface area contributed by atoms with Crippen molar-refractivity contribution in [3.63, 3.8) is 0 Å². The predicted molar refractivity (Wildman–Crippen MR) is 83.5 cm³/mol. The summed E-state index contributed by atoms with van der Waals surface area (Å²) >= 11 is 0. The first-order valence-corrected chi connectivity index (χ1v) is 7.97. The summed E-state index contributed by atoms with van der Waals surface area (Å²) in [5.41, 5.74) is 1.92. The number of likely N-dealkylation sites (N-methyl/N-ethyl adjacent to an activating group) is 1. The Hall–Kier alpha value is -0.820. The Balaban J connectivity index is 2.32. The molecule has 1 heteroatoms. The summed E-state index contributed by atoms with van der Waals surface area (Å²) in [5, 5.41) is 3.67. The van der Waals surface area contributed by atoms with Crippen LogP contribution in [0, 0.1) is 5.92 Å². The van der Waals surface area contributed by atoms with E-state index in [0.717, 1.165) is 5.92 Å². The van der Waals surface area contributed by atoms with Crippen LogP contribution in [0.3, 0.4) is 0 Å². The first kappa shape index (κ1) is 14.6. The summed E-state index contributed by atoms with van der Waals surface area (Å²) in [5.74, 6) is 0.744. The highest BCUT2D eigenvalue weighted by Gasteiger charge is 2.43. The van der Waals surface area contributed by atoms with Crippen molar-refractivity contribution in [2.45, 2.75) is 63.8 Å². The fraction of sp³-hybridized carbons (Fsp3) is 0.667. The van der Waals surface area contributed by atoms with Crippen LogP contribution >= 0.6 is 0 Å². The average Bonchev–Trinajstić information content (AvgIpc) is 2.91. The molecule has 19 heavy (non-hydrogen) atoms. The standard InChI is InChI=1S/C18H29N/c1-4-10-15(2)17(19-3)18(13-8-9-14-18)16-11-6-5-7-12-16/h5-7,11-12,15,17,19H,4,8-10,13-14H2,1-3H3. The summed E-state index contributed by atoms with van der Waals surface area (Å²) in [6.07, 6.45) is 8.05. The van der Waals surface area contributed by atoms with Gasteiger partial charge >= 0.3 is 0 Å². The lowest BCUT2D eigenvalue weighted by Crippen LogP contribution is -2.49. The zero-order valence-corrected chi connectivity index (χ0v) is 12.8. The monoisotopic (exact) mass is 259 g/mol. The van der Waals surface area contributed by atoms with Crippen molar-refractivity contribution in [2.24, 2.45) is 5.92 Å². The molecule has 1 aromatic rings. The van der Waals surface area contributed by atoms with Crippen LogP contribution in [0.25, 0.3) is 0 Å². The van der Waals surface area contributed by atoms with Crippen molar-refractivity contribution in [1.29, 1.82) is 0 Å². The van der Waals surface area contributed by atoms with Gasteiger partial charge in [-0.2, -0.15) is 0 Å². The van der Waals surface area contributed by atoms with Crippen LogP contribution in [0.1, 0.15) is 57.9 Å². The van der Waals surface area contributed by atoms with Crippen LogP contribution in [-0.2, 0) is 5.41 Å². The third kappa shape index (κ3) is 2.86.